The van der Waals surface area contributed by atoms with Crippen LogP contribution >= 0.6 is 12.4 Å². The SMILES string of the molecule is C=CCOc1ccc(CNCCC)cc1OC.Cl. The van der Waals surface area contributed by atoms with Gasteiger partial charge in [-0.3, -0.25) is 0 Å². The molecule has 0 saturated heterocycles. The van der Waals surface area contributed by atoms with Gasteiger partial charge in [-0.15, -0.1) is 12.4 Å². The fourth-order valence-corrected chi connectivity index (χ4v) is 1.50. The molecule has 0 fully saturated rings. The number of hydrogen-bond acceptors (Lipinski definition) is 3. The van der Waals surface area contributed by atoms with Crippen molar-refractivity contribution < 1.29 is 9.47 Å². The topological polar surface area (TPSA) is 30.5 Å². The second-order valence-corrected chi connectivity index (χ2v) is 3.76. The standard InChI is InChI=1S/C14H21NO2.ClH/c1-4-8-15-11-12-6-7-13(17-9-5-2)14(10-12)16-3;/h5-7,10,15H,2,4,8-9,11H2,1,3H3;1H. The third kappa shape index (κ3) is 5.43. The van der Waals surface area contributed by atoms with E-state index in [1.54, 1.807) is 13.2 Å². The Labute approximate surface area is 116 Å². The molecule has 1 N–H and O–H groups in total. The first kappa shape index (κ1) is 16.8. The molecule has 0 amide bonds. The lowest BCUT2D eigenvalue weighted by Crippen LogP contribution is -2.13. The highest BCUT2D eigenvalue weighted by Crippen LogP contribution is 2.27. The molecule has 0 aliphatic rings. The molecule has 0 radical (unpaired) electrons. The summed E-state index contributed by atoms with van der Waals surface area (Å²) in [5.74, 6) is 1.52. The van der Waals surface area contributed by atoms with Gasteiger partial charge in [-0.1, -0.05) is 25.6 Å². The molecule has 0 saturated carbocycles. The molecule has 0 unspecified atom stereocenters. The molecule has 0 heterocycles. The minimum Gasteiger partial charge on any atom is -0.493 e. The molecule has 0 bridgehead atoms. The van der Waals surface area contributed by atoms with Crippen molar-refractivity contribution in [3.63, 3.8) is 0 Å². The first-order valence-corrected chi connectivity index (χ1v) is 5.93. The van der Waals surface area contributed by atoms with Crippen LogP contribution in [-0.4, -0.2) is 20.3 Å². The Balaban J connectivity index is 0.00000289. The lowest BCUT2D eigenvalue weighted by atomic mass is 10.2. The second-order valence-electron chi connectivity index (χ2n) is 3.76. The van der Waals surface area contributed by atoms with Crippen molar-refractivity contribution in [3.05, 3.63) is 36.4 Å². The predicted molar refractivity (Wildman–Crippen MR) is 77.9 cm³/mol. The van der Waals surface area contributed by atoms with Crippen LogP contribution < -0.4 is 14.8 Å². The molecule has 3 nitrogen and oxygen atoms in total. The Bertz CT molecular complexity index is 356. The molecule has 18 heavy (non-hydrogen) atoms. The number of methoxy groups -OCH3 is 1. The van der Waals surface area contributed by atoms with Gasteiger partial charge < -0.3 is 14.8 Å². The predicted octanol–water partition coefficient (Wildman–Crippen LogP) is 3.18. The van der Waals surface area contributed by atoms with E-state index >= 15 is 0 Å². The molecule has 0 atom stereocenters. The average molecular weight is 272 g/mol. The quantitative estimate of drug-likeness (QED) is 0.582. The summed E-state index contributed by atoms with van der Waals surface area (Å²) in [4.78, 5) is 0. The fourth-order valence-electron chi connectivity index (χ4n) is 1.50. The summed E-state index contributed by atoms with van der Waals surface area (Å²) in [6.45, 7) is 8.14. The van der Waals surface area contributed by atoms with Gasteiger partial charge in [-0.05, 0) is 30.7 Å². The molecule has 102 valence electrons. The smallest absolute Gasteiger partial charge is 0.161 e. The van der Waals surface area contributed by atoms with Crippen LogP contribution in [0.15, 0.2) is 30.9 Å². The van der Waals surface area contributed by atoms with Crippen molar-refractivity contribution in [1.29, 1.82) is 0 Å². The van der Waals surface area contributed by atoms with E-state index in [2.05, 4.69) is 18.8 Å². The van der Waals surface area contributed by atoms with Crippen LogP contribution in [0.2, 0.25) is 0 Å². The van der Waals surface area contributed by atoms with Gasteiger partial charge in [0.25, 0.3) is 0 Å². The molecule has 1 rings (SSSR count). The maximum atomic E-state index is 5.49. The molecular formula is C14H22ClNO2. The number of rotatable bonds is 8. The van der Waals surface area contributed by atoms with Gasteiger partial charge in [0.1, 0.15) is 6.61 Å². The summed E-state index contributed by atoms with van der Waals surface area (Å²) in [5, 5.41) is 3.35. The Morgan fingerprint density at radius 2 is 2.11 bits per heavy atom. The Morgan fingerprint density at radius 1 is 1.33 bits per heavy atom. The maximum Gasteiger partial charge on any atom is 0.161 e. The van der Waals surface area contributed by atoms with E-state index < -0.39 is 0 Å². The monoisotopic (exact) mass is 271 g/mol. The van der Waals surface area contributed by atoms with Crippen molar-refractivity contribution in [2.24, 2.45) is 0 Å². The zero-order valence-corrected chi connectivity index (χ0v) is 11.9. The van der Waals surface area contributed by atoms with Crippen LogP contribution in [0.1, 0.15) is 18.9 Å². The first-order chi connectivity index (χ1) is 8.31. The van der Waals surface area contributed by atoms with Crippen LogP contribution in [0.25, 0.3) is 0 Å². The molecule has 4 heteroatoms. The summed E-state index contributed by atoms with van der Waals surface area (Å²) in [6, 6.07) is 5.98. The lowest BCUT2D eigenvalue weighted by molar-refractivity contribution is 0.326. The molecule has 0 aliphatic carbocycles. The highest BCUT2D eigenvalue weighted by molar-refractivity contribution is 5.85. The summed E-state index contributed by atoms with van der Waals surface area (Å²) in [6.07, 6.45) is 2.85. The van der Waals surface area contributed by atoms with Crippen LogP contribution in [0, 0.1) is 0 Å². The third-order valence-corrected chi connectivity index (χ3v) is 2.34. The average Bonchev–Trinajstić information content (AvgIpc) is 2.37. The molecule has 0 aliphatic heterocycles. The number of benzene rings is 1. The van der Waals surface area contributed by atoms with Gasteiger partial charge in [0.15, 0.2) is 11.5 Å². The van der Waals surface area contributed by atoms with E-state index in [9.17, 15) is 0 Å². The van der Waals surface area contributed by atoms with E-state index in [0.717, 1.165) is 31.0 Å². The van der Waals surface area contributed by atoms with E-state index in [0.29, 0.717) is 6.61 Å². The normalized spacial score (nSPS) is 9.44. The van der Waals surface area contributed by atoms with Crippen molar-refractivity contribution in [2.75, 3.05) is 20.3 Å². The minimum absolute atomic E-state index is 0. The van der Waals surface area contributed by atoms with Crippen LogP contribution in [-0.2, 0) is 6.54 Å². The number of ether oxygens (including phenoxy) is 2. The molecule has 0 aromatic heterocycles. The number of hydrogen-bond donors (Lipinski definition) is 1. The zero-order valence-electron chi connectivity index (χ0n) is 11.1. The Kier molecular flexibility index (Phi) is 9.15. The summed E-state index contributed by atoms with van der Waals surface area (Å²) in [7, 11) is 1.65. The second kappa shape index (κ2) is 9.80. The first-order valence-electron chi connectivity index (χ1n) is 5.93. The van der Waals surface area contributed by atoms with Gasteiger partial charge in [0.05, 0.1) is 7.11 Å². The van der Waals surface area contributed by atoms with Crippen molar-refractivity contribution in [1.82, 2.24) is 5.32 Å². The van der Waals surface area contributed by atoms with Gasteiger partial charge >= 0.3 is 0 Å². The fraction of sp³-hybridized carbons (Fsp3) is 0.429. The van der Waals surface area contributed by atoms with Crippen LogP contribution in [0.3, 0.4) is 0 Å². The highest BCUT2D eigenvalue weighted by atomic mass is 35.5. The summed E-state index contributed by atoms with van der Waals surface area (Å²) >= 11 is 0. The van der Waals surface area contributed by atoms with Gasteiger partial charge in [-0.2, -0.15) is 0 Å². The lowest BCUT2D eigenvalue weighted by Gasteiger charge is -2.11. The van der Waals surface area contributed by atoms with Crippen LogP contribution in [0.5, 0.6) is 11.5 Å². The van der Waals surface area contributed by atoms with Crippen molar-refractivity contribution in [3.8, 4) is 11.5 Å². The zero-order chi connectivity index (χ0) is 12.5. The molecule has 1 aromatic carbocycles. The molecule has 0 spiro atoms. The van der Waals surface area contributed by atoms with E-state index in [4.69, 9.17) is 9.47 Å². The van der Waals surface area contributed by atoms with Crippen LogP contribution in [0.4, 0.5) is 0 Å². The van der Waals surface area contributed by atoms with Crippen molar-refractivity contribution in [2.45, 2.75) is 19.9 Å². The van der Waals surface area contributed by atoms with Gasteiger partial charge in [-0.25, -0.2) is 0 Å². The largest absolute Gasteiger partial charge is 0.493 e. The Hall–Kier alpha value is -1.19. The molecular weight excluding hydrogens is 250 g/mol. The minimum atomic E-state index is 0. The maximum absolute atomic E-state index is 5.49. The van der Waals surface area contributed by atoms with E-state index in [1.807, 2.05) is 18.2 Å². The van der Waals surface area contributed by atoms with Crippen molar-refractivity contribution >= 4 is 12.4 Å². The number of halogens is 1. The van der Waals surface area contributed by atoms with Gasteiger partial charge in [0, 0.05) is 6.54 Å². The number of nitrogens with one attached hydrogen (secondary N) is 1. The summed E-state index contributed by atoms with van der Waals surface area (Å²) in [5.41, 5.74) is 1.20. The molecule has 1 aromatic rings. The van der Waals surface area contributed by atoms with E-state index in [-0.39, 0.29) is 12.4 Å². The Morgan fingerprint density at radius 3 is 2.72 bits per heavy atom. The van der Waals surface area contributed by atoms with Gasteiger partial charge in [0.2, 0.25) is 0 Å². The third-order valence-electron chi connectivity index (χ3n) is 2.34. The highest BCUT2D eigenvalue weighted by Gasteiger charge is 2.04. The van der Waals surface area contributed by atoms with E-state index in [1.165, 1.54) is 5.56 Å². The summed E-state index contributed by atoms with van der Waals surface area (Å²) < 4.78 is 10.8.